The van der Waals surface area contributed by atoms with Gasteiger partial charge in [-0.1, -0.05) is 13.8 Å². The summed E-state index contributed by atoms with van der Waals surface area (Å²) < 4.78 is 5.85. The number of ether oxygens (including phenoxy) is 1. The number of hydrogen-bond acceptors (Lipinski definition) is 3. The molecule has 0 radical (unpaired) electrons. The highest BCUT2D eigenvalue weighted by Crippen LogP contribution is 2.26. The third-order valence-corrected chi connectivity index (χ3v) is 3.38. The molecule has 0 heterocycles. The maximum atomic E-state index is 9.10. The first-order chi connectivity index (χ1) is 7.59. The first kappa shape index (κ1) is 13.5. The molecule has 1 fully saturated rings. The average Bonchev–Trinajstić information content (AvgIpc) is 2.29. The lowest BCUT2D eigenvalue weighted by molar-refractivity contribution is -0.000302. The largest absolute Gasteiger partial charge is 0.375 e. The first-order valence-electron chi connectivity index (χ1n) is 6.37. The summed E-state index contributed by atoms with van der Waals surface area (Å²) in [4.78, 5) is 0. The number of rotatable bonds is 5. The van der Waals surface area contributed by atoms with Crippen LogP contribution in [0.15, 0.2) is 0 Å². The van der Waals surface area contributed by atoms with Crippen LogP contribution in [0.2, 0.25) is 0 Å². The lowest BCUT2D eigenvalue weighted by atomic mass is 9.89. The van der Waals surface area contributed by atoms with Gasteiger partial charge in [-0.15, -0.1) is 0 Å². The number of likely N-dealkylation sites (N-methyl/N-ethyl adjacent to an activating group) is 1. The molecule has 16 heavy (non-hydrogen) atoms. The number of nitriles is 1. The smallest absolute Gasteiger partial charge is 0.127 e. The molecular weight excluding hydrogens is 200 g/mol. The van der Waals surface area contributed by atoms with E-state index < -0.39 is 5.54 Å². The van der Waals surface area contributed by atoms with E-state index in [1.165, 1.54) is 12.8 Å². The summed E-state index contributed by atoms with van der Waals surface area (Å²) in [6.07, 6.45) is 5.18. The number of hydrogen-bond donors (Lipinski definition) is 1. The van der Waals surface area contributed by atoms with E-state index in [1.807, 2.05) is 13.8 Å². The summed E-state index contributed by atoms with van der Waals surface area (Å²) in [5, 5.41) is 12.3. The molecule has 1 atom stereocenters. The molecule has 3 heteroatoms. The Morgan fingerprint density at radius 2 is 2.00 bits per heavy atom. The lowest BCUT2D eigenvalue weighted by Gasteiger charge is -2.30. The number of nitrogens with one attached hydrogen (secondary N) is 1. The molecule has 0 saturated heterocycles. The second kappa shape index (κ2) is 6.22. The molecule has 0 aromatic rings. The predicted molar refractivity (Wildman–Crippen MR) is 65.1 cm³/mol. The molecular formula is C13H24N2O. The molecule has 1 aliphatic rings. The van der Waals surface area contributed by atoms with Gasteiger partial charge in [0.05, 0.1) is 18.8 Å². The number of nitrogens with zero attached hydrogens (tertiary/aromatic N) is 1. The Morgan fingerprint density at radius 1 is 1.38 bits per heavy atom. The standard InChI is InChI=1S/C13H24N2O/c1-4-15-13(3,9-14)10-16-12-7-5-11(2)6-8-12/h11-12,15H,4-8,10H2,1-3H3. The Bertz CT molecular complexity index is 241. The highest BCUT2D eigenvalue weighted by molar-refractivity contribution is 5.03. The molecule has 0 aromatic heterocycles. The van der Waals surface area contributed by atoms with Crippen molar-refractivity contribution in [2.45, 2.75) is 58.1 Å². The van der Waals surface area contributed by atoms with E-state index >= 15 is 0 Å². The molecule has 0 spiro atoms. The first-order valence-corrected chi connectivity index (χ1v) is 6.37. The molecule has 92 valence electrons. The van der Waals surface area contributed by atoms with E-state index in [2.05, 4.69) is 18.3 Å². The van der Waals surface area contributed by atoms with Crippen LogP contribution in [-0.4, -0.2) is 24.8 Å². The van der Waals surface area contributed by atoms with Gasteiger partial charge in [0.2, 0.25) is 0 Å². The fraction of sp³-hybridized carbons (Fsp3) is 0.923. The van der Waals surface area contributed by atoms with E-state index in [4.69, 9.17) is 10.00 Å². The van der Waals surface area contributed by atoms with Gasteiger partial charge in [0.15, 0.2) is 0 Å². The lowest BCUT2D eigenvalue weighted by Crippen LogP contribution is -2.46. The van der Waals surface area contributed by atoms with Crippen molar-refractivity contribution in [1.82, 2.24) is 5.32 Å². The monoisotopic (exact) mass is 224 g/mol. The summed E-state index contributed by atoms with van der Waals surface area (Å²) in [7, 11) is 0. The Balaban J connectivity index is 2.30. The third kappa shape index (κ3) is 4.11. The van der Waals surface area contributed by atoms with Gasteiger partial charge in [-0.3, -0.25) is 5.32 Å². The van der Waals surface area contributed by atoms with Crippen molar-refractivity contribution in [3.63, 3.8) is 0 Å². The quantitative estimate of drug-likeness (QED) is 0.780. The highest BCUT2D eigenvalue weighted by atomic mass is 16.5. The van der Waals surface area contributed by atoms with Crippen LogP contribution < -0.4 is 5.32 Å². The Labute approximate surface area is 99.2 Å². The molecule has 3 nitrogen and oxygen atoms in total. The van der Waals surface area contributed by atoms with E-state index in [-0.39, 0.29) is 0 Å². The van der Waals surface area contributed by atoms with E-state index in [9.17, 15) is 0 Å². The van der Waals surface area contributed by atoms with Gasteiger partial charge in [0, 0.05) is 0 Å². The second-order valence-corrected chi connectivity index (χ2v) is 5.17. The van der Waals surface area contributed by atoms with E-state index in [1.54, 1.807) is 0 Å². The Hall–Kier alpha value is -0.590. The van der Waals surface area contributed by atoms with Crippen LogP contribution in [0.3, 0.4) is 0 Å². The van der Waals surface area contributed by atoms with E-state index in [0.717, 1.165) is 25.3 Å². The van der Waals surface area contributed by atoms with Gasteiger partial charge in [-0.25, -0.2) is 0 Å². The van der Waals surface area contributed by atoms with Crippen molar-refractivity contribution in [3.8, 4) is 6.07 Å². The zero-order chi connectivity index (χ0) is 12.0. The molecule has 0 bridgehead atoms. The summed E-state index contributed by atoms with van der Waals surface area (Å²) >= 11 is 0. The van der Waals surface area contributed by atoms with Gasteiger partial charge in [-0.2, -0.15) is 5.26 Å². The minimum absolute atomic E-state index is 0.363. The van der Waals surface area contributed by atoms with Crippen LogP contribution in [0, 0.1) is 17.2 Å². The second-order valence-electron chi connectivity index (χ2n) is 5.17. The summed E-state index contributed by atoms with van der Waals surface area (Å²) in [5.74, 6) is 0.843. The van der Waals surface area contributed by atoms with Crippen LogP contribution in [0.5, 0.6) is 0 Å². The topological polar surface area (TPSA) is 45.0 Å². The van der Waals surface area contributed by atoms with Crippen molar-refractivity contribution < 1.29 is 4.74 Å². The van der Waals surface area contributed by atoms with Gasteiger partial charge >= 0.3 is 0 Å². The molecule has 0 aromatic carbocycles. The predicted octanol–water partition coefficient (Wildman–Crippen LogP) is 2.47. The van der Waals surface area contributed by atoms with E-state index in [0.29, 0.717) is 12.7 Å². The van der Waals surface area contributed by atoms with Crippen molar-refractivity contribution >= 4 is 0 Å². The van der Waals surface area contributed by atoms with Gasteiger partial charge in [0.1, 0.15) is 5.54 Å². The van der Waals surface area contributed by atoms with Crippen molar-refractivity contribution in [2.24, 2.45) is 5.92 Å². The van der Waals surface area contributed by atoms with Crippen LogP contribution in [-0.2, 0) is 4.74 Å². The molecule has 0 aliphatic heterocycles. The fourth-order valence-corrected chi connectivity index (χ4v) is 2.19. The Morgan fingerprint density at radius 3 is 2.50 bits per heavy atom. The maximum absolute atomic E-state index is 9.10. The van der Waals surface area contributed by atoms with Gasteiger partial charge < -0.3 is 4.74 Å². The van der Waals surface area contributed by atoms with Gasteiger partial charge in [-0.05, 0) is 45.1 Å². The zero-order valence-corrected chi connectivity index (χ0v) is 10.8. The summed E-state index contributed by atoms with van der Waals surface area (Å²) in [6.45, 7) is 7.51. The summed E-state index contributed by atoms with van der Waals surface area (Å²) in [5.41, 5.74) is -0.530. The normalized spacial score (nSPS) is 29.4. The van der Waals surface area contributed by atoms with Crippen molar-refractivity contribution in [1.29, 1.82) is 5.26 Å². The SMILES string of the molecule is CCNC(C)(C#N)COC1CCC(C)CC1. The van der Waals surface area contributed by atoms with Crippen LogP contribution in [0.25, 0.3) is 0 Å². The van der Waals surface area contributed by atoms with Crippen molar-refractivity contribution in [3.05, 3.63) is 0 Å². The molecule has 1 rings (SSSR count). The fourth-order valence-electron chi connectivity index (χ4n) is 2.19. The molecule has 1 aliphatic carbocycles. The van der Waals surface area contributed by atoms with Crippen molar-refractivity contribution in [2.75, 3.05) is 13.2 Å². The summed E-state index contributed by atoms with van der Waals surface area (Å²) in [6, 6.07) is 2.29. The Kier molecular flexibility index (Phi) is 5.24. The van der Waals surface area contributed by atoms with Crippen LogP contribution in [0.4, 0.5) is 0 Å². The van der Waals surface area contributed by atoms with Crippen LogP contribution in [0.1, 0.15) is 46.5 Å². The average molecular weight is 224 g/mol. The molecule has 1 saturated carbocycles. The molecule has 1 unspecified atom stereocenters. The zero-order valence-electron chi connectivity index (χ0n) is 10.8. The third-order valence-electron chi connectivity index (χ3n) is 3.38. The minimum atomic E-state index is -0.530. The highest BCUT2D eigenvalue weighted by Gasteiger charge is 2.26. The van der Waals surface area contributed by atoms with Gasteiger partial charge in [0.25, 0.3) is 0 Å². The van der Waals surface area contributed by atoms with Crippen LogP contribution >= 0.6 is 0 Å². The maximum Gasteiger partial charge on any atom is 0.127 e. The molecule has 0 amide bonds. The minimum Gasteiger partial charge on any atom is -0.375 e. The molecule has 1 N–H and O–H groups in total.